The number of amides is 1. The number of rotatable bonds is 4. The van der Waals surface area contributed by atoms with Crippen LogP contribution in [0.4, 0.5) is 0 Å². The van der Waals surface area contributed by atoms with E-state index >= 15 is 0 Å². The Labute approximate surface area is 142 Å². The summed E-state index contributed by atoms with van der Waals surface area (Å²) in [5.41, 5.74) is 3.19. The van der Waals surface area contributed by atoms with Crippen molar-refractivity contribution >= 4 is 5.91 Å². The van der Waals surface area contributed by atoms with Gasteiger partial charge in [0.25, 0.3) is 5.91 Å². The SMILES string of the molecule is Cc1cc2n(n1)CCN(C(=O)c1cccc(CCC(C)(C)O)c1)C2. The van der Waals surface area contributed by atoms with Gasteiger partial charge in [0.2, 0.25) is 0 Å². The Bertz CT molecular complexity index is 743. The molecule has 3 rings (SSSR count). The third-order valence-electron chi connectivity index (χ3n) is 4.41. The van der Waals surface area contributed by atoms with Gasteiger partial charge in [0.05, 0.1) is 30.1 Å². The van der Waals surface area contributed by atoms with Gasteiger partial charge in [-0.1, -0.05) is 12.1 Å². The van der Waals surface area contributed by atoms with Crippen molar-refractivity contribution in [3.05, 3.63) is 52.8 Å². The van der Waals surface area contributed by atoms with Gasteiger partial charge in [-0.3, -0.25) is 9.48 Å². The molecular weight excluding hydrogens is 302 g/mol. The van der Waals surface area contributed by atoms with E-state index in [4.69, 9.17) is 0 Å². The second-order valence-electron chi connectivity index (χ2n) is 7.24. The van der Waals surface area contributed by atoms with Crippen molar-refractivity contribution in [2.45, 2.75) is 52.3 Å². The highest BCUT2D eigenvalue weighted by molar-refractivity contribution is 5.94. The fraction of sp³-hybridized carbons (Fsp3) is 0.474. The maximum atomic E-state index is 12.8. The number of benzene rings is 1. The second kappa shape index (κ2) is 6.40. The normalized spacial score (nSPS) is 14.6. The average molecular weight is 327 g/mol. The molecule has 5 nitrogen and oxygen atoms in total. The summed E-state index contributed by atoms with van der Waals surface area (Å²) in [6.45, 7) is 7.62. The summed E-state index contributed by atoms with van der Waals surface area (Å²) >= 11 is 0. The monoisotopic (exact) mass is 327 g/mol. The van der Waals surface area contributed by atoms with E-state index in [1.165, 1.54) is 0 Å². The van der Waals surface area contributed by atoms with Gasteiger partial charge < -0.3 is 10.0 Å². The lowest BCUT2D eigenvalue weighted by atomic mass is 9.97. The second-order valence-corrected chi connectivity index (χ2v) is 7.24. The Kier molecular flexibility index (Phi) is 4.45. The zero-order chi connectivity index (χ0) is 17.3. The van der Waals surface area contributed by atoms with Crippen LogP contribution in [-0.4, -0.2) is 37.8 Å². The summed E-state index contributed by atoms with van der Waals surface area (Å²) in [6, 6.07) is 9.79. The lowest BCUT2D eigenvalue weighted by molar-refractivity contribution is 0.0706. The molecule has 0 atom stereocenters. The van der Waals surface area contributed by atoms with Crippen molar-refractivity contribution in [2.24, 2.45) is 0 Å². The third kappa shape index (κ3) is 3.85. The molecule has 0 bridgehead atoms. The van der Waals surface area contributed by atoms with Crippen LogP contribution >= 0.6 is 0 Å². The first kappa shape index (κ1) is 16.7. The minimum Gasteiger partial charge on any atom is -0.390 e. The van der Waals surface area contributed by atoms with Crippen molar-refractivity contribution in [3.8, 4) is 0 Å². The summed E-state index contributed by atoms with van der Waals surface area (Å²) in [4.78, 5) is 14.7. The highest BCUT2D eigenvalue weighted by Gasteiger charge is 2.23. The zero-order valence-corrected chi connectivity index (χ0v) is 14.6. The van der Waals surface area contributed by atoms with Crippen LogP contribution in [0.15, 0.2) is 30.3 Å². The number of nitrogens with zero attached hydrogens (tertiary/aromatic N) is 3. The van der Waals surface area contributed by atoms with Gasteiger partial charge in [0.15, 0.2) is 0 Å². The van der Waals surface area contributed by atoms with E-state index < -0.39 is 5.60 Å². The number of hydrogen-bond donors (Lipinski definition) is 1. The number of carbonyl (C=O) groups excluding carboxylic acids is 1. The molecule has 0 radical (unpaired) electrons. The van der Waals surface area contributed by atoms with Crippen molar-refractivity contribution in [1.82, 2.24) is 14.7 Å². The number of fused-ring (bicyclic) bond motifs is 1. The molecule has 1 aromatic carbocycles. The lowest BCUT2D eigenvalue weighted by Crippen LogP contribution is -2.38. The molecule has 0 saturated heterocycles. The van der Waals surface area contributed by atoms with Crippen LogP contribution in [-0.2, 0) is 19.5 Å². The Morgan fingerprint density at radius 1 is 1.29 bits per heavy atom. The van der Waals surface area contributed by atoms with Crippen molar-refractivity contribution < 1.29 is 9.90 Å². The van der Waals surface area contributed by atoms with Crippen molar-refractivity contribution in [3.63, 3.8) is 0 Å². The standard InChI is InChI=1S/C19H25N3O2/c1-14-11-17-13-21(9-10-22(17)20-14)18(23)16-6-4-5-15(12-16)7-8-19(2,3)24/h4-6,11-12,24H,7-10,13H2,1-3H3. The summed E-state index contributed by atoms with van der Waals surface area (Å²) in [6.07, 6.45) is 1.43. The molecule has 2 heterocycles. The Balaban J connectivity index is 1.71. The maximum absolute atomic E-state index is 12.8. The van der Waals surface area contributed by atoms with Crippen molar-refractivity contribution in [2.75, 3.05) is 6.54 Å². The predicted octanol–water partition coefficient (Wildman–Crippen LogP) is 2.55. The Hall–Kier alpha value is -2.14. The molecule has 128 valence electrons. The van der Waals surface area contributed by atoms with Crippen LogP contribution in [0.25, 0.3) is 0 Å². The Morgan fingerprint density at radius 3 is 2.83 bits per heavy atom. The molecule has 1 aliphatic heterocycles. The quantitative estimate of drug-likeness (QED) is 0.939. The first-order valence-electron chi connectivity index (χ1n) is 8.46. The molecule has 1 amide bonds. The highest BCUT2D eigenvalue weighted by Crippen LogP contribution is 2.18. The van der Waals surface area contributed by atoms with E-state index in [2.05, 4.69) is 5.10 Å². The molecule has 1 aliphatic rings. The minimum absolute atomic E-state index is 0.0604. The summed E-state index contributed by atoms with van der Waals surface area (Å²) in [7, 11) is 0. The number of hydrogen-bond acceptors (Lipinski definition) is 3. The van der Waals surface area contributed by atoms with E-state index in [0.717, 1.165) is 29.9 Å². The first-order valence-corrected chi connectivity index (χ1v) is 8.46. The molecule has 24 heavy (non-hydrogen) atoms. The summed E-state index contributed by atoms with van der Waals surface area (Å²) < 4.78 is 1.98. The van der Waals surface area contributed by atoms with E-state index in [-0.39, 0.29) is 5.91 Å². The van der Waals surface area contributed by atoms with Crippen LogP contribution in [0.1, 0.15) is 47.6 Å². The lowest BCUT2D eigenvalue weighted by Gasteiger charge is -2.28. The van der Waals surface area contributed by atoms with E-state index in [0.29, 0.717) is 25.1 Å². The fourth-order valence-electron chi connectivity index (χ4n) is 3.08. The zero-order valence-electron chi connectivity index (χ0n) is 14.6. The molecule has 0 fully saturated rings. The van der Waals surface area contributed by atoms with Gasteiger partial charge in [-0.05, 0) is 57.4 Å². The maximum Gasteiger partial charge on any atom is 0.254 e. The number of carbonyl (C=O) groups is 1. The molecule has 2 aromatic rings. The Morgan fingerprint density at radius 2 is 2.08 bits per heavy atom. The van der Waals surface area contributed by atoms with Gasteiger partial charge in [0, 0.05) is 12.1 Å². The molecule has 0 saturated carbocycles. The molecule has 0 spiro atoms. The summed E-state index contributed by atoms with van der Waals surface area (Å²) in [5.74, 6) is 0.0604. The van der Waals surface area contributed by atoms with Gasteiger partial charge in [-0.15, -0.1) is 0 Å². The largest absolute Gasteiger partial charge is 0.390 e. The third-order valence-corrected chi connectivity index (χ3v) is 4.41. The van der Waals surface area contributed by atoms with Crippen molar-refractivity contribution in [1.29, 1.82) is 0 Å². The number of aryl methyl sites for hydroxylation is 2. The van der Waals surface area contributed by atoms with Crippen LogP contribution in [0.5, 0.6) is 0 Å². The highest BCUT2D eigenvalue weighted by atomic mass is 16.3. The summed E-state index contributed by atoms with van der Waals surface area (Å²) in [5, 5.41) is 14.3. The molecular formula is C19H25N3O2. The van der Waals surface area contributed by atoms with Crippen LogP contribution in [0, 0.1) is 6.92 Å². The topological polar surface area (TPSA) is 58.4 Å². The molecule has 5 heteroatoms. The molecule has 0 aliphatic carbocycles. The van der Waals surface area contributed by atoms with Gasteiger partial charge >= 0.3 is 0 Å². The number of aromatic nitrogens is 2. The van der Waals surface area contributed by atoms with E-state index in [9.17, 15) is 9.90 Å². The smallest absolute Gasteiger partial charge is 0.254 e. The van der Waals surface area contributed by atoms with Crippen LogP contribution in [0.2, 0.25) is 0 Å². The van der Waals surface area contributed by atoms with E-state index in [1.807, 2.05) is 46.8 Å². The van der Waals surface area contributed by atoms with Gasteiger partial charge in [-0.2, -0.15) is 5.10 Å². The molecule has 1 aromatic heterocycles. The minimum atomic E-state index is -0.691. The van der Waals surface area contributed by atoms with Crippen LogP contribution in [0.3, 0.4) is 0 Å². The molecule has 0 unspecified atom stereocenters. The average Bonchev–Trinajstić information content (AvgIpc) is 2.91. The van der Waals surface area contributed by atoms with E-state index in [1.54, 1.807) is 13.8 Å². The van der Waals surface area contributed by atoms with Gasteiger partial charge in [0.1, 0.15) is 0 Å². The van der Waals surface area contributed by atoms with Crippen LogP contribution < -0.4 is 0 Å². The molecule has 1 N–H and O–H groups in total. The predicted molar refractivity (Wildman–Crippen MR) is 92.8 cm³/mol. The number of aliphatic hydroxyl groups is 1. The first-order chi connectivity index (χ1) is 11.3. The fourth-order valence-corrected chi connectivity index (χ4v) is 3.08. The van der Waals surface area contributed by atoms with Gasteiger partial charge in [-0.25, -0.2) is 0 Å².